The molecule has 1 atom stereocenters. The Labute approximate surface area is 177 Å². The zero-order chi connectivity index (χ0) is 21.1. The molecule has 2 N–H and O–H groups in total. The molecule has 2 fully saturated rings. The number of carbonyl (C=O) groups is 3. The molecule has 2 aliphatic heterocycles. The molecule has 0 bridgehead atoms. The third kappa shape index (κ3) is 4.60. The van der Waals surface area contributed by atoms with Gasteiger partial charge in [-0.25, -0.2) is 0 Å². The Kier molecular flexibility index (Phi) is 5.97. The average molecular weight is 414 g/mol. The van der Waals surface area contributed by atoms with Crippen LogP contribution in [0.15, 0.2) is 18.2 Å². The van der Waals surface area contributed by atoms with Crippen LogP contribution < -0.4 is 15.4 Å². The lowest BCUT2D eigenvalue weighted by molar-refractivity contribution is -0.135. The zero-order valence-corrected chi connectivity index (χ0v) is 17.7. The molecule has 1 aliphatic carbocycles. The second kappa shape index (κ2) is 8.66. The fourth-order valence-corrected chi connectivity index (χ4v) is 4.72. The highest BCUT2D eigenvalue weighted by molar-refractivity contribution is 5.98. The van der Waals surface area contributed by atoms with Gasteiger partial charge in [-0.05, 0) is 31.9 Å². The first-order chi connectivity index (χ1) is 14.4. The number of fused-ring (bicyclic) bond motifs is 1. The topological polar surface area (TPSA) is 87.7 Å². The lowest BCUT2D eigenvalue weighted by atomic mass is 9.99. The Morgan fingerprint density at radius 1 is 1.20 bits per heavy atom. The molecule has 7 heteroatoms. The van der Waals surface area contributed by atoms with Gasteiger partial charge in [0, 0.05) is 31.8 Å². The molecule has 1 saturated heterocycles. The van der Waals surface area contributed by atoms with Gasteiger partial charge in [0.25, 0.3) is 5.91 Å². The second-order valence-corrected chi connectivity index (χ2v) is 8.87. The van der Waals surface area contributed by atoms with Crippen molar-refractivity contribution < 1.29 is 19.1 Å². The quantitative estimate of drug-likeness (QED) is 0.746. The number of likely N-dealkylation sites (tertiary alicyclic amines) is 1. The molecule has 1 spiro atoms. The minimum atomic E-state index is -0.901. The van der Waals surface area contributed by atoms with E-state index in [-0.39, 0.29) is 36.7 Å². The van der Waals surface area contributed by atoms with Crippen molar-refractivity contribution in [3.63, 3.8) is 0 Å². The minimum Gasteiger partial charge on any atom is -0.467 e. The number of aryl methyl sites for hydroxylation is 1. The minimum absolute atomic E-state index is 0.0646. The van der Waals surface area contributed by atoms with Gasteiger partial charge in [0.2, 0.25) is 11.8 Å². The Balaban J connectivity index is 1.39. The van der Waals surface area contributed by atoms with E-state index < -0.39 is 5.72 Å². The number of benzene rings is 1. The van der Waals surface area contributed by atoms with Crippen LogP contribution >= 0.6 is 0 Å². The molecule has 2 heterocycles. The summed E-state index contributed by atoms with van der Waals surface area (Å²) in [4.78, 5) is 39.5. The summed E-state index contributed by atoms with van der Waals surface area (Å²) in [6, 6.07) is 5.76. The predicted molar refractivity (Wildman–Crippen MR) is 112 cm³/mol. The summed E-state index contributed by atoms with van der Waals surface area (Å²) in [5.74, 6) is 0.208. The third-order valence-electron chi connectivity index (χ3n) is 6.46. The molecule has 3 aliphatic rings. The molecule has 0 radical (unpaired) electrons. The van der Waals surface area contributed by atoms with Crippen molar-refractivity contribution in [3.05, 3.63) is 29.3 Å². The standard InChI is InChI=1S/C23H31N3O4/c1-16-8-9-19-18(14-16)22(29)25-23(30-19)11-10-21(28)26(13-12-23)15-20(27)24-17-6-4-2-3-5-7-17/h8-9,14,17H,2-7,10-13,15H2,1H3,(H,24,27)(H,25,29). The fourth-order valence-electron chi connectivity index (χ4n) is 4.72. The summed E-state index contributed by atoms with van der Waals surface area (Å²) < 4.78 is 6.19. The third-order valence-corrected chi connectivity index (χ3v) is 6.46. The summed E-state index contributed by atoms with van der Waals surface area (Å²) in [6.07, 6.45) is 7.87. The van der Waals surface area contributed by atoms with Crippen LogP contribution in [0, 0.1) is 6.92 Å². The maximum Gasteiger partial charge on any atom is 0.258 e. The smallest absolute Gasteiger partial charge is 0.258 e. The van der Waals surface area contributed by atoms with E-state index in [1.165, 1.54) is 12.8 Å². The van der Waals surface area contributed by atoms with Crippen LogP contribution in [0.2, 0.25) is 0 Å². The molecule has 1 unspecified atom stereocenters. The molecule has 1 saturated carbocycles. The lowest BCUT2D eigenvalue weighted by Gasteiger charge is -2.38. The largest absolute Gasteiger partial charge is 0.467 e. The number of hydrogen-bond acceptors (Lipinski definition) is 4. The van der Waals surface area contributed by atoms with Crippen LogP contribution in [0.4, 0.5) is 0 Å². The first-order valence-electron chi connectivity index (χ1n) is 11.1. The molecular weight excluding hydrogens is 382 g/mol. The van der Waals surface area contributed by atoms with Crippen LogP contribution in [0.1, 0.15) is 73.7 Å². The van der Waals surface area contributed by atoms with Crippen molar-refractivity contribution >= 4 is 17.7 Å². The highest BCUT2D eigenvalue weighted by Crippen LogP contribution is 2.34. The maximum atomic E-state index is 12.7. The highest BCUT2D eigenvalue weighted by Gasteiger charge is 2.42. The van der Waals surface area contributed by atoms with E-state index in [0.29, 0.717) is 30.7 Å². The molecule has 162 valence electrons. The van der Waals surface area contributed by atoms with Gasteiger partial charge in [0.1, 0.15) is 5.75 Å². The molecule has 1 aromatic rings. The molecule has 0 aromatic heterocycles. The Bertz CT molecular complexity index is 832. The molecule has 4 rings (SSSR count). The predicted octanol–water partition coefficient (Wildman–Crippen LogP) is 2.67. The SMILES string of the molecule is Cc1ccc2c(c1)C(=O)NC1(CCC(=O)N(CC(=O)NC3CCCCCC3)CC1)O2. The highest BCUT2D eigenvalue weighted by atomic mass is 16.5. The van der Waals surface area contributed by atoms with Crippen molar-refractivity contribution in [2.45, 2.75) is 76.5 Å². The van der Waals surface area contributed by atoms with Crippen molar-refractivity contribution in [3.8, 4) is 5.75 Å². The fraction of sp³-hybridized carbons (Fsp3) is 0.609. The number of rotatable bonds is 3. The van der Waals surface area contributed by atoms with Crippen LogP contribution in [0.25, 0.3) is 0 Å². The number of hydrogen-bond donors (Lipinski definition) is 2. The van der Waals surface area contributed by atoms with Crippen molar-refractivity contribution in [2.24, 2.45) is 0 Å². The van der Waals surface area contributed by atoms with Gasteiger partial charge in [0.15, 0.2) is 5.72 Å². The van der Waals surface area contributed by atoms with Crippen molar-refractivity contribution in [1.29, 1.82) is 0 Å². The summed E-state index contributed by atoms with van der Waals surface area (Å²) in [5.41, 5.74) is 0.614. The van der Waals surface area contributed by atoms with Crippen LogP contribution in [0.5, 0.6) is 5.75 Å². The second-order valence-electron chi connectivity index (χ2n) is 8.87. The summed E-state index contributed by atoms with van der Waals surface area (Å²) in [6.45, 7) is 2.37. The van der Waals surface area contributed by atoms with E-state index >= 15 is 0 Å². The number of nitrogens with zero attached hydrogens (tertiary/aromatic N) is 1. The molecular formula is C23H31N3O4. The monoisotopic (exact) mass is 413 g/mol. The molecule has 3 amide bonds. The number of ether oxygens (including phenoxy) is 1. The van der Waals surface area contributed by atoms with E-state index in [2.05, 4.69) is 10.6 Å². The van der Waals surface area contributed by atoms with Gasteiger partial charge in [0.05, 0.1) is 12.1 Å². The number of amides is 3. The summed E-state index contributed by atoms with van der Waals surface area (Å²) in [5, 5.41) is 6.09. The molecule has 30 heavy (non-hydrogen) atoms. The van der Waals surface area contributed by atoms with Gasteiger partial charge in [-0.15, -0.1) is 0 Å². The van der Waals surface area contributed by atoms with E-state index in [9.17, 15) is 14.4 Å². The van der Waals surface area contributed by atoms with Gasteiger partial charge < -0.3 is 20.3 Å². The lowest BCUT2D eigenvalue weighted by Crippen LogP contribution is -2.56. The van der Waals surface area contributed by atoms with Crippen molar-refractivity contribution in [2.75, 3.05) is 13.1 Å². The zero-order valence-electron chi connectivity index (χ0n) is 17.7. The first-order valence-corrected chi connectivity index (χ1v) is 11.1. The van der Waals surface area contributed by atoms with E-state index in [1.807, 2.05) is 25.1 Å². The van der Waals surface area contributed by atoms with Gasteiger partial charge in [-0.1, -0.05) is 37.3 Å². The van der Waals surface area contributed by atoms with E-state index in [0.717, 1.165) is 31.2 Å². The van der Waals surface area contributed by atoms with Crippen molar-refractivity contribution in [1.82, 2.24) is 15.5 Å². The van der Waals surface area contributed by atoms with Crippen LogP contribution in [-0.2, 0) is 9.59 Å². The van der Waals surface area contributed by atoms with Gasteiger partial charge >= 0.3 is 0 Å². The van der Waals surface area contributed by atoms with Gasteiger partial charge in [-0.2, -0.15) is 0 Å². The van der Waals surface area contributed by atoms with E-state index in [4.69, 9.17) is 4.74 Å². The van der Waals surface area contributed by atoms with Crippen LogP contribution in [0.3, 0.4) is 0 Å². The maximum absolute atomic E-state index is 12.7. The van der Waals surface area contributed by atoms with Gasteiger partial charge in [-0.3, -0.25) is 14.4 Å². The number of carbonyl (C=O) groups excluding carboxylic acids is 3. The summed E-state index contributed by atoms with van der Waals surface area (Å²) in [7, 11) is 0. The Hall–Kier alpha value is -2.57. The number of nitrogens with one attached hydrogen (secondary N) is 2. The average Bonchev–Trinajstić information content (AvgIpc) is 3.05. The molecule has 1 aromatic carbocycles. The Morgan fingerprint density at radius 2 is 1.97 bits per heavy atom. The molecule has 7 nitrogen and oxygen atoms in total. The summed E-state index contributed by atoms with van der Waals surface area (Å²) >= 11 is 0. The Morgan fingerprint density at radius 3 is 2.73 bits per heavy atom. The first kappa shape index (κ1) is 20.7. The normalized spacial score (nSPS) is 25.0. The van der Waals surface area contributed by atoms with Crippen LogP contribution in [-0.4, -0.2) is 47.5 Å². The van der Waals surface area contributed by atoms with E-state index in [1.54, 1.807) is 4.90 Å².